The van der Waals surface area contributed by atoms with Gasteiger partial charge in [-0.3, -0.25) is 34.5 Å². The highest BCUT2D eigenvalue weighted by molar-refractivity contribution is 6.01. The average Bonchev–Trinajstić information content (AvgIpc) is 3.75. The monoisotopic (exact) mass is 633 g/mol. The van der Waals surface area contributed by atoms with E-state index in [0.717, 1.165) is 40.0 Å². The van der Waals surface area contributed by atoms with Crippen molar-refractivity contribution in [3.8, 4) is 11.3 Å². The highest BCUT2D eigenvalue weighted by Gasteiger charge is 2.33. The van der Waals surface area contributed by atoms with Crippen molar-refractivity contribution in [3.63, 3.8) is 0 Å². The number of fused-ring (bicyclic) bond motifs is 1. The third-order valence-electron chi connectivity index (χ3n) is 8.85. The summed E-state index contributed by atoms with van der Waals surface area (Å²) in [5, 5.41) is 7.55. The van der Waals surface area contributed by atoms with Crippen LogP contribution in [0.1, 0.15) is 36.6 Å². The van der Waals surface area contributed by atoms with Crippen molar-refractivity contribution in [1.82, 2.24) is 30.0 Å². The molecule has 6 rings (SSSR count). The van der Waals surface area contributed by atoms with E-state index in [4.69, 9.17) is 10.7 Å². The number of nitrogens with one attached hydrogen (secondary N) is 2. The fourth-order valence-corrected chi connectivity index (χ4v) is 6.27. The number of likely N-dealkylation sites (tertiary alicyclic amines) is 1. The van der Waals surface area contributed by atoms with Gasteiger partial charge >= 0.3 is 0 Å². The first-order valence-electron chi connectivity index (χ1n) is 16.1. The lowest BCUT2D eigenvalue weighted by Gasteiger charge is -2.29. The van der Waals surface area contributed by atoms with Gasteiger partial charge in [0.1, 0.15) is 17.0 Å². The number of nitrogens with two attached hydrogens (primary N) is 1. The lowest BCUT2D eigenvalue weighted by atomic mass is 9.98. The first-order valence-corrected chi connectivity index (χ1v) is 16.1. The highest BCUT2D eigenvalue weighted by atomic mass is 16.2. The summed E-state index contributed by atoms with van der Waals surface area (Å²) in [7, 11) is 1.77. The Kier molecular flexibility index (Phi) is 9.48. The van der Waals surface area contributed by atoms with E-state index in [9.17, 15) is 9.59 Å². The number of aromatic nitrogens is 4. The Labute approximate surface area is 274 Å². The van der Waals surface area contributed by atoms with Crippen LogP contribution in [0.3, 0.4) is 0 Å². The maximum Gasteiger partial charge on any atom is 0.281 e. The summed E-state index contributed by atoms with van der Waals surface area (Å²) < 4.78 is 0. The van der Waals surface area contributed by atoms with Gasteiger partial charge in [0, 0.05) is 49.2 Å². The Bertz CT molecular complexity index is 1860. The van der Waals surface area contributed by atoms with Crippen LogP contribution in [0, 0.1) is 12.8 Å². The van der Waals surface area contributed by atoms with Crippen molar-refractivity contribution in [2.45, 2.75) is 26.7 Å². The lowest BCUT2D eigenvalue weighted by molar-refractivity contribution is -0.414. The van der Waals surface area contributed by atoms with Crippen molar-refractivity contribution < 1.29 is 14.6 Å². The van der Waals surface area contributed by atoms with Gasteiger partial charge in [-0.1, -0.05) is 18.2 Å². The summed E-state index contributed by atoms with van der Waals surface area (Å²) in [5.41, 5.74) is 13.3. The number of aliphatic imine (C=N–C) groups is 1. The van der Waals surface area contributed by atoms with Crippen LogP contribution in [0.25, 0.3) is 27.9 Å². The van der Waals surface area contributed by atoms with Crippen LogP contribution in [-0.4, -0.2) is 100 Å². The summed E-state index contributed by atoms with van der Waals surface area (Å²) >= 11 is 0. The number of aryl methyl sites for hydroxylation is 1. The summed E-state index contributed by atoms with van der Waals surface area (Å²) in [6.07, 6.45) is 6.93. The molecule has 1 aromatic carbocycles. The van der Waals surface area contributed by atoms with Crippen LogP contribution < -0.4 is 15.6 Å². The number of pyridine rings is 2. The number of amidine groups is 1. The van der Waals surface area contributed by atoms with Gasteiger partial charge in [0.25, 0.3) is 6.34 Å². The molecule has 1 fully saturated rings. The molecule has 2 aliphatic heterocycles. The molecule has 12 nitrogen and oxygen atoms in total. The number of anilines is 1. The minimum Gasteiger partial charge on any atom is -0.362 e. The number of carbonyl (C=O) groups is 2. The minimum atomic E-state index is -0.196. The molecule has 2 amide bonds. The van der Waals surface area contributed by atoms with Gasteiger partial charge in [-0.15, -0.1) is 0 Å². The quantitative estimate of drug-likeness (QED) is 0.188. The molecule has 47 heavy (non-hydrogen) atoms. The van der Waals surface area contributed by atoms with Gasteiger partial charge in [0.05, 0.1) is 25.0 Å². The number of aromatic amines is 1. The van der Waals surface area contributed by atoms with Crippen molar-refractivity contribution in [3.05, 3.63) is 77.6 Å². The zero-order valence-electron chi connectivity index (χ0n) is 27.1. The van der Waals surface area contributed by atoms with Gasteiger partial charge < -0.3 is 10.6 Å². The SMILES string of the molecule is CCN(C(=O)[C@@H]1CCN(CC(=O)N2CC=C(c3ccc(C(N)=NC=[NH+]C)cc3)CC2)C1)c1ccc2[nH]nc(-c3ccnc(C)c3)c2n1. The van der Waals surface area contributed by atoms with E-state index in [0.29, 0.717) is 62.9 Å². The molecule has 242 valence electrons. The molecule has 1 atom stereocenters. The van der Waals surface area contributed by atoms with Crippen molar-refractivity contribution >= 4 is 46.4 Å². The second-order valence-corrected chi connectivity index (χ2v) is 12.0. The van der Waals surface area contributed by atoms with Crippen LogP contribution in [0.4, 0.5) is 5.82 Å². The second-order valence-electron chi connectivity index (χ2n) is 12.0. The number of H-pyrrole nitrogens is 1. The zero-order chi connectivity index (χ0) is 32.9. The molecule has 2 aliphatic rings. The molecule has 4 N–H and O–H groups in total. The number of rotatable bonds is 9. The fourth-order valence-electron chi connectivity index (χ4n) is 6.27. The van der Waals surface area contributed by atoms with E-state index in [-0.39, 0.29) is 17.7 Å². The van der Waals surface area contributed by atoms with Crippen molar-refractivity contribution in [2.24, 2.45) is 16.6 Å². The molecule has 0 aliphatic carbocycles. The third kappa shape index (κ3) is 6.97. The van der Waals surface area contributed by atoms with E-state index in [2.05, 4.69) is 36.1 Å². The van der Waals surface area contributed by atoms with E-state index in [1.165, 1.54) is 5.57 Å². The molecule has 5 heterocycles. The van der Waals surface area contributed by atoms with Gasteiger partial charge in [-0.2, -0.15) is 5.10 Å². The number of benzene rings is 1. The number of hydrogen-bond acceptors (Lipinski definition) is 6. The number of hydrogen-bond donors (Lipinski definition) is 3. The Hall–Kier alpha value is -5.23. The Morgan fingerprint density at radius 3 is 2.70 bits per heavy atom. The van der Waals surface area contributed by atoms with E-state index >= 15 is 0 Å². The van der Waals surface area contributed by atoms with Crippen LogP contribution in [0.15, 0.2) is 65.8 Å². The third-order valence-corrected chi connectivity index (χ3v) is 8.85. The smallest absolute Gasteiger partial charge is 0.281 e. The molecule has 0 saturated carbocycles. The maximum absolute atomic E-state index is 13.8. The predicted octanol–water partition coefficient (Wildman–Crippen LogP) is 1.76. The summed E-state index contributed by atoms with van der Waals surface area (Å²) in [4.78, 5) is 48.9. The molecular weight excluding hydrogens is 592 g/mol. The van der Waals surface area contributed by atoms with Crippen molar-refractivity contribution in [2.75, 3.05) is 51.2 Å². The number of nitrogens with zero attached hydrogens (tertiary/aromatic N) is 7. The molecular formula is C35H41N10O2+. The molecule has 0 spiro atoms. The lowest BCUT2D eigenvalue weighted by Crippen LogP contribution is -2.62. The molecule has 12 heteroatoms. The summed E-state index contributed by atoms with van der Waals surface area (Å²) in [6, 6.07) is 15.7. The van der Waals surface area contributed by atoms with Crippen molar-refractivity contribution in [1.29, 1.82) is 0 Å². The molecule has 1 saturated heterocycles. The fraction of sp³-hybridized carbons (Fsp3) is 0.343. The van der Waals surface area contributed by atoms with E-state index < -0.39 is 0 Å². The minimum absolute atomic E-state index is 0.0313. The largest absolute Gasteiger partial charge is 0.362 e. The average molecular weight is 634 g/mol. The van der Waals surface area contributed by atoms with Gasteiger partial charge in [0.15, 0.2) is 0 Å². The molecule has 0 radical (unpaired) electrons. The van der Waals surface area contributed by atoms with Crippen LogP contribution in [0.5, 0.6) is 0 Å². The Morgan fingerprint density at radius 1 is 1.15 bits per heavy atom. The summed E-state index contributed by atoms with van der Waals surface area (Å²) in [5.74, 6) is 0.975. The first kappa shape index (κ1) is 31.7. The number of amides is 2. The Balaban J connectivity index is 1.05. The maximum atomic E-state index is 13.8. The molecule has 4 aromatic rings. The predicted molar refractivity (Wildman–Crippen MR) is 184 cm³/mol. The number of carbonyl (C=O) groups excluding carboxylic acids is 2. The molecule has 0 unspecified atom stereocenters. The van der Waals surface area contributed by atoms with Gasteiger partial charge in [0.2, 0.25) is 17.6 Å². The van der Waals surface area contributed by atoms with E-state index in [1.807, 2.05) is 67.3 Å². The molecule has 3 aromatic heterocycles. The first-order chi connectivity index (χ1) is 22.8. The topological polar surface area (TPSA) is 151 Å². The van der Waals surface area contributed by atoms with Gasteiger partial charge in [-0.25, -0.2) is 4.98 Å². The normalized spacial score (nSPS) is 17.4. The van der Waals surface area contributed by atoms with E-state index in [1.54, 1.807) is 24.5 Å². The molecule has 0 bridgehead atoms. The second kappa shape index (κ2) is 14.0. The standard InChI is InChI=1S/C35H40N10O2/c1-4-45(30-10-9-29-33(40-30)32(42-41-29)27-11-15-38-23(2)19-27)35(47)28-12-16-43(20-28)21-31(46)44-17-13-25(14-18-44)24-5-7-26(8-6-24)34(36)39-22-37-3/h5-11,13,15,19,22,28H,4,12,14,16-18,20-21H2,1-3H3,(H,41,42)(H2,36,37,39)/p+1/t28-/m1/s1. The summed E-state index contributed by atoms with van der Waals surface area (Å²) in [6.45, 7) is 7.20. The van der Waals surface area contributed by atoms with Crippen LogP contribution in [0.2, 0.25) is 0 Å². The highest BCUT2D eigenvalue weighted by Crippen LogP contribution is 2.29. The Morgan fingerprint density at radius 2 is 1.98 bits per heavy atom. The zero-order valence-corrected chi connectivity index (χ0v) is 27.1. The van der Waals surface area contributed by atoms with Crippen LogP contribution >= 0.6 is 0 Å². The van der Waals surface area contributed by atoms with Gasteiger partial charge in [-0.05, 0) is 85.8 Å². The van der Waals surface area contributed by atoms with Crippen LogP contribution in [-0.2, 0) is 9.59 Å².